The zero-order valence-corrected chi connectivity index (χ0v) is 12.0. The lowest BCUT2D eigenvalue weighted by molar-refractivity contribution is 0.102. The van der Waals surface area contributed by atoms with Crippen molar-refractivity contribution in [3.8, 4) is 6.07 Å². The smallest absolute Gasteiger partial charge is 0.258 e. The molecule has 0 radical (unpaired) electrons. The minimum absolute atomic E-state index is 0.269. The number of hydrogen-bond acceptors (Lipinski definition) is 3. The zero-order chi connectivity index (χ0) is 14.7. The van der Waals surface area contributed by atoms with Crippen LogP contribution in [0.4, 0.5) is 5.69 Å². The molecule has 0 aliphatic heterocycles. The van der Waals surface area contributed by atoms with Crippen LogP contribution in [0.3, 0.4) is 0 Å². The summed E-state index contributed by atoms with van der Waals surface area (Å²) in [6.07, 6.45) is 1.41. The molecule has 0 fully saturated rings. The van der Waals surface area contributed by atoms with Gasteiger partial charge in [-0.1, -0.05) is 23.2 Å². The largest absolute Gasteiger partial charge is 0.322 e. The van der Waals surface area contributed by atoms with Crippen LogP contribution in [-0.2, 0) is 0 Å². The van der Waals surface area contributed by atoms with E-state index >= 15 is 0 Å². The van der Waals surface area contributed by atoms with Crippen molar-refractivity contribution in [3.05, 3.63) is 57.3 Å². The maximum atomic E-state index is 12.1. The van der Waals surface area contributed by atoms with Crippen molar-refractivity contribution in [2.75, 3.05) is 5.32 Å². The second-order valence-corrected chi connectivity index (χ2v) is 4.88. The molecule has 1 N–H and O–H groups in total. The Balaban J connectivity index is 2.26. The first-order valence-corrected chi connectivity index (χ1v) is 6.40. The number of carbonyl (C=O) groups excluding carboxylic acids is 1. The predicted molar refractivity (Wildman–Crippen MR) is 78.1 cm³/mol. The molecule has 1 amide bonds. The summed E-state index contributed by atoms with van der Waals surface area (Å²) >= 11 is 11.8. The van der Waals surface area contributed by atoms with E-state index in [1.807, 2.05) is 6.07 Å². The van der Waals surface area contributed by atoms with E-state index in [4.69, 9.17) is 28.5 Å². The molecule has 2 rings (SSSR count). The Morgan fingerprint density at radius 3 is 2.70 bits per heavy atom. The fourth-order valence-electron chi connectivity index (χ4n) is 1.58. The molecule has 0 saturated heterocycles. The quantitative estimate of drug-likeness (QED) is 0.917. The minimum atomic E-state index is -0.395. The molecule has 0 unspecified atom stereocenters. The molecular weight excluding hydrogens is 297 g/mol. The SMILES string of the molecule is Cc1cc(Cl)c(C(=O)Nc2ccc(Cl)c(C#N)c2)cn1. The number of nitriles is 1. The fourth-order valence-corrected chi connectivity index (χ4v) is 2.03. The van der Waals surface area contributed by atoms with E-state index in [2.05, 4.69) is 10.3 Å². The molecule has 6 heteroatoms. The second-order valence-electron chi connectivity index (χ2n) is 4.07. The number of nitrogens with zero attached hydrogens (tertiary/aromatic N) is 2. The Kier molecular flexibility index (Phi) is 4.23. The van der Waals surface area contributed by atoms with E-state index in [1.165, 1.54) is 12.3 Å². The Labute approximate surface area is 126 Å². The third kappa shape index (κ3) is 3.08. The normalized spacial score (nSPS) is 9.90. The number of rotatable bonds is 2. The molecule has 0 bridgehead atoms. The van der Waals surface area contributed by atoms with Crippen molar-refractivity contribution in [2.45, 2.75) is 6.92 Å². The van der Waals surface area contributed by atoms with Crippen LogP contribution in [0.5, 0.6) is 0 Å². The van der Waals surface area contributed by atoms with Crippen LogP contribution >= 0.6 is 23.2 Å². The van der Waals surface area contributed by atoms with Gasteiger partial charge in [-0.2, -0.15) is 5.26 Å². The molecule has 1 aromatic heterocycles. The molecule has 0 spiro atoms. The summed E-state index contributed by atoms with van der Waals surface area (Å²) in [7, 11) is 0. The Bertz CT molecular complexity index is 723. The molecule has 0 atom stereocenters. The number of benzene rings is 1. The molecule has 20 heavy (non-hydrogen) atoms. The number of aromatic nitrogens is 1. The standard InChI is InChI=1S/C14H9Cl2N3O/c1-8-4-13(16)11(7-18-8)14(20)19-10-2-3-12(15)9(5-10)6-17/h2-5,7H,1H3,(H,19,20). The Morgan fingerprint density at radius 2 is 2.05 bits per heavy atom. The molecule has 2 aromatic rings. The van der Waals surface area contributed by atoms with Crippen LogP contribution in [-0.4, -0.2) is 10.9 Å². The molecule has 1 aromatic carbocycles. The van der Waals surface area contributed by atoms with Gasteiger partial charge in [0.25, 0.3) is 5.91 Å². The summed E-state index contributed by atoms with van der Waals surface area (Å²) in [5.74, 6) is -0.395. The van der Waals surface area contributed by atoms with Crippen LogP contribution in [0.1, 0.15) is 21.6 Å². The maximum Gasteiger partial charge on any atom is 0.258 e. The van der Waals surface area contributed by atoms with Gasteiger partial charge in [0, 0.05) is 17.6 Å². The van der Waals surface area contributed by atoms with Gasteiger partial charge in [0.15, 0.2) is 0 Å². The average molecular weight is 306 g/mol. The average Bonchev–Trinajstić information content (AvgIpc) is 2.40. The van der Waals surface area contributed by atoms with Gasteiger partial charge in [0.2, 0.25) is 0 Å². The molecule has 0 saturated carbocycles. The van der Waals surface area contributed by atoms with Gasteiger partial charge in [-0.25, -0.2) is 0 Å². The third-order valence-corrected chi connectivity index (χ3v) is 3.22. The van der Waals surface area contributed by atoms with Crippen LogP contribution in [0, 0.1) is 18.3 Å². The van der Waals surface area contributed by atoms with E-state index in [1.54, 1.807) is 25.1 Å². The monoisotopic (exact) mass is 305 g/mol. The zero-order valence-electron chi connectivity index (χ0n) is 10.4. The summed E-state index contributed by atoms with van der Waals surface area (Å²) in [5.41, 5.74) is 1.75. The lowest BCUT2D eigenvalue weighted by Crippen LogP contribution is -2.13. The van der Waals surface area contributed by atoms with Crippen LogP contribution in [0.2, 0.25) is 10.0 Å². The summed E-state index contributed by atoms with van der Waals surface area (Å²) in [6.45, 7) is 1.78. The van der Waals surface area contributed by atoms with Gasteiger partial charge in [-0.3, -0.25) is 9.78 Å². The molecular formula is C14H9Cl2N3O. The van der Waals surface area contributed by atoms with Crippen LogP contribution in [0.25, 0.3) is 0 Å². The third-order valence-electron chi connectivity index (χ3n) is 2.58. The van der Waals surface area contributed by atoms with Crippen molar-refractivity contribution in [1.82, 2.24) is 4.98 Å². The van der Waals surface area contributed by atoms with Crippen molar-refractivity contribution in [3.63, 3.8) is 0 Å². The molecule has 0 aliphatic carbocycles. The summed E-state index contributed by atoms with van der Waals surface area (Å²) in [5, 5.41) is 12.2. The maximum absolute atomic E-state index is 12.1. The summed E-state index contributed by atoms with van der Waals surface area (Å²) in [6, 6.07) is 8.21. The van der Waals surface area contributed by atoms with Gasteiger partial charge in [0.1, 0.15) is 6.07 Å². The van der Waals surface area contributed by atoms with Gasteiger partial charge in [0.05, 0.1) is 21.2 Å². The fraction of sp³-hybridized carbons (Fsp3) is 0.0714. The first-order chi connectivity index (χ1) is 9.51. The lowest BCUT2D eigenvalue weighted by Gasteiger charge is -2.07. The predicted octanol–water partition coefficient (Wildman–Crippen LogP) is 3.82. The first kappa shape index (κ1) is 14.3. The van der Waals surface area contributed by atoms with Crippen molar-refractivity contribution >= 4 is 34.8 Å². The van der Waals surface area contributed by atoms with E-state index in [0.717, 1.165) is 5.69 Å². The molecule has 0 aliphatic rings. The first-order valence-electron chi connectivity index (χ1n) is 5.64. The van der Waals surface area contributed by atoms with Crippen molar-refractivity contribution in [2.24, 2.45) is 0 Å². The lowest BCUT2D eigenvalue weighted by atomic mass is 10.2. The summed E-state index contributed by atoms with van der Waals surface area (Å²) < 4.78 is 0. The Morgan fingerprint density at radius 1 is 1.30 bits per heavy atom. The number of hydrogen-bond donors (Lipinski definition) is 1. The minimum Gasteiger partial charge on any atom is -0.322 e. The van der Waals surface area contributed by atoms with E-state index in [9.17, 15) is 4.79 Å². The number of nitrogens with one attached hydrogen (secondary N) is 1. The van der Waals surface area contributed by atoms with Crippen LogP contribution < -0.4 is 5.32 Å². The molecule has 1 heterocycles. The number of amides is 1. The van der Waals surface area contributed by atoms with Gasteiger partial charge in [-0.05, 0) is 31.2 Å². The van der Waals surface area contributed by atoms with Crippen molar-refractivity contribution < 1.29 is 4.79 Å². The number of carbonyl (C=O) groups is 1. The topological polar surface area (TPSA) is 65.8 Å². The van der Waals surface area contributed by atoms with Crippen LogP contribution in [0.15, 0.2) is 30.5 Å². The number of aryl methyl sites for hydroxylation is 1. The van der Waals surface area contributed by atoms with E-state index in [0.29, 0.717) is 15.7 Å². The highest BCUT2D eigenvalue weighted by Gasteiger charge is 2.12. The number of pyridine rings is 1. The van der Waals surface area contributed by atoms with Crippen molar-refractivity contribution in [1.29, 1.82) is 5.26 Å². The molecule has 100 valence electrons. The van der Waals surface area contributed by atoms with Gasteiger partial charge in [-0.15, -0.1) is 0 Å². The highest BCUT2D eigenvalue weighted by molar-refractivity contribution is 6.34. The number of halogens is 2. The second kappa shape index (κ2) is 5.91. The summed E-state index contributed by atoms with van der Waals surface area (Å²) in [4.78, 5) is 16.1. The number of anilines is 1. The highest BCUT2D eigenvalue weighted by Crippen LogP contribution is 2.21. The van der Waals surface area contributed by atoms with E-state index < -0.39 is 5.91 Å². The van der Waals surface area contributed by atoms with Gasteiger partial charge >= 0.3 is 0 Å². The highest BCUT2D eigenvalue weighted by atomic mass is 35.5. The van der Waals surface area contributed by atoms with E-state index in [-0.39, 0.29) is 11.1 Å². The van der Waals surface area contributed by atoms with Gasteiger partial charge < -0.3 is 5.32 Å². The Hall–Kier alpha value is -2.09. The molecule has 4 nitrogen and oxygen atoms in total.